The Balaban J connectivity index is 2.53. The predicted molar refractivity (Wildman–Crippen MR) is 57.7 cm³/mol. The van der Waals surface area contributed by atoms with E-state index in [0.717, 1.165) is 12.1 Å². The molecule has 2 rings (SSSR count). The normalized spacial score (nSPS) is 18.8. The summed E-state index contributed by atoms with van der Waals surface area (Å²) in [6.07, 6.45) is -4.26. The average molecular weight is 229 g/mol. The largest absolute Gasteiger partial charge is 0.416 e. The van der Waals surface area contributed by atoms with Crippen molar-refractivity contribution in [2.24, 2.45) is 0 Å². The molecule has 1 nitrogen and oxygen atoms in total. The van der Waals surface area contributed by atoms with Gasteiger partial charge in [-0.05, 0) is 17.7 Å². The lowest BCUT2D eigenvalue weighted by molar-refractivity contribution is -0.137. The maximum atomic E-state index is 12.6. The van der Waals surface area contributed by atoms with Crippen LogP contribution in [-0.4, -0.2) is 13.6 Å². The van der Waals surface area contributed by atoms with Crippen LogP contribution in [0.5, 0.6) is 0 Å². The van der Waals surface area contributed by atoms with E-state index in [1.807, 2.05) is 25.8 Å². The first-order valence-corrected chi connectivity index (χ1v) is 5.15. The Morgan fingerprint density at radius 2 is 1.88 bits per heavy atom. The van der Waals surface area contributed by atoms with Gasteiger partial charge in [-0.25, -0.2) is 0 Å². The van der Waals surface area contributed by atoms with Crippen molar-refractivity contribution in [1.82, 2.24) is 0 Å². The second-order valence-electron chi connectivity index (χ2n) is 4.97. The molecular weight excluding hydrogens is 215 g/mol. The highest BCUT2D eigenvalue weighted by molar-refractivity contribution is 5.63. The van der Waals surface area contributed by atoms with Crippen LogP contribution >= 0.6 is 0 Å². The van der Waals surface area contributed by atoms with Gasteiger partial charge in [0.05, 0.1) is 5.56 Å². The fourth-order valence-corrected chi connectivity index (χ4v) is 2.36. The zero-order valence-electron chi connectivity index (χ0n) is 9.52. The molecule has 1 heterocycles. The summed E-state index contributed by atoms with van der Waals surface area (Å²) >= 11 is 0. The minimum absolute atomic E-state index is 0.0752. The number of hydrogen-bond donors (Lipinski definition) is 0. The van der Waals surface area contributed by atoms with Gasteiger partial charge in [-0.1, -0.05) is 19.9 Å². The van der Waals surface area contributed by atoms with Gasteiger partial charge >= 0.3 is 6.18 Å². The summed E-state index contributed by atoms with van der Waals surface area (Å²) in [5.74, 6) is 0. The van der Waals surface area contributed by atoms with Crippen LogP contribution in [-0.2, 0) is 11.6 Å². The Kier molecular flexibility index (Phi) is 2.23. The zero-order valence-corrected chi connectivity index (χ0v) is 9.52. The van der Waals surface area contributed by atoms with E-state index in [2.05, 4.69) is 0 Å². The number of hydrogen-bond acceptors (Lipinski definition) is 1. The van der Waals surface area contributed by atoms with Crippen LogP contribution in [0.2, 0.25) is 0 Å². The molecule has 0 aliphatic carbocycles. The van der Waals surface area contributed by atoms with Gasteiger partial charge in [0.25, 0.3) is 0 Å². The van der Waals surface area contributed by atoms with E-state index in [9.17, 15) is 13.2 Å². The van der Waals surface area contributed by atoms with Gasteiger partial charge in [0.1, 0.15) is 0 Å². The molecule has 0 radical (unpaired) electrons. The molecule has 0 spiro atoms. The van der Waals surface area contributed by atoms with Crippen molar-refractivity contribution in [2.75, 3.05) is 18.5 Å². The minimum Gasteiger partial charge on any atom is -0.373 e. The number of alkyl halides is 3. The number of rotatable bonds is 0. The molecule has 1 aliphatic rings. The van der Waals surface area contributed by atoms with Gasteiger partial charge in [-0.3, -0.25) is 0 Å². The Morgan fingerprint density at radius 3 is 2.44 bits per heavy atom. The second-order valence-corrected chi connectivity index (χ2v) is 4.97. The number of likely N-dealkylation sites (N-methyl/N-ethyl adjacent to an activating group) is 1. The van der Waals surface area contributed by atoms with Crippen molar-refractivity contribution in [2.45, 2.75) is 25.4 Å². The summed E-state index contributed by atoms with van der Waals surface area (Å²) in [6, 6.07) is 4.01. The maximum absolute atomic E-state index is 12.6. The van der Waals surface area contributed by atoms with Crippen LogP contribution in [0.4, 0.5) is 18.9 Å². The molecule has 16 heavy (non-hydrogen) atoms. The third-order valence-electron chi connectivity index (χ3n) is 3.10. The Labute approximate surface area is 92.9 Å². The van der Waals surface area contributed by atoms with Crippen LogP contribution in [0.3, 0.4) is 0 Å². The quantitative estimate of drug-likeness (QED) is 0.658. The van der Waals surface area contributed by atoms with Crippen LogP contribution < -0.4 is 4.90 Å². The van der Waals surface area contributed by atoms with Gasteiger partial charge in [-0.15, -0.1) is 0 Å². The third-order valence-corrected chi connectivity index (χ3v) is 3.10. The molecule has 0 amide bonds. The molecule has 1 aromatic carbocycles. The lowest BCUT2D eigenvalue weighted by Gasteiger charge is -2.18. The summed E-state index contributed by atoms with van der Waals surface area (Å²) in [4.78, 5) is 1.88. The van der Waals surface area contributed by atoms with Gasteiger partial charge in [0, 0.05) is 24.7 Å². The molecule has 0 fully saturated rings. The van der Waals surface area contributed by atoms with Gasteiger partial charge in [0.15, 0.2) is 0 Å². The summed E-state index contributed by atoms with van der Waals surface area (Å²) in [7, 11) is 1.83. The van der Waals surface area contributed by atoms with Crippen LogP contribution in [0.1, 0.15) is 25.0 Å². The summed E-state index contributed by atoms with van der Waals surface area (Å²) in [5.41, 5.74) is 1.03. The topological polar surface area (TPSA) is 3.24 Å². The summed E-state index contributed by atoms with van der Waals surface area (Å²) < 4.78 is 37.7. The number of fused-ring (bicyclic) bond motifs is 1. The molecule has 0 unspecified atom stereocenters. The van der Waals surface area contributed by atoms with Crippen molar-refractivity contribution in [3.05, 3.63) is 29.3 Å². The van der Waals surface area contributed by atoms with Crippen LogP contribution in [0, 0.1) is 0 Å². The molecular formula is C12H14F3N. The fourth-order valence-electron chi connectivity index (χ4n) is 2.36. The molecule has 0 saturated heterocycles. The first kappa shape index (κ1) is 11.3. The average Bonchev–Trinajstić information content (AvgIpc) is 2.36. The zero-order chi connectivity index (χ0) is 12.1. The highest BCUT2D eigenvalue weighted by Gasteiger charge is 2.37. The van der Waals surface area contributed by atoms with E-state index in [4.69, 9.17) is 0 Å². The Morgan fingerprint density at radius 1 is 1.25 bits per heavy atom. The van der Waals surface area contributed by atoms with Crippen LogP contribution in [0.25, 0.3) is 0 Å². The molecule has 4 heteroatoms. The van der Waals surface area contributed by atoms with Gasteiger partial charge in [-0.2, -0.15) is 13.2 Å². The van der Waals surface area contributed by atoms with Crippen molar-refractivity contribution >= 4 is 5.69 Å². The smallest absolute Gasteiger partial charge is 0.373 e. The fraction of sp³-hybridized carbons (Fsp3) is 0.500. The highest BCUT2D eigenvalue weighted by atomic mass is 19.4. The van der Waals surface area contributed by atoms with Crippen molar-refractivity contribution in [1.29, 1.82) is 0 Å². The van der Waals surface area contributed by atoms with E-state index in [-0.39, 0.29) is 5.41 Å². The highest BCUT2D eigenvalue weighted by Crippen LogP contribution is 2.42. The Bertz CT molecular complexity index is 421. The lowest BCUT2D eigenvalue weighted by atomic mass is 9.86. The number of anilines is 1. The minimum atomic E-state index is -4.26. The first-order valence-electron chi connectivity index (χ1n) is 5.15. The molecule has 88 valence electrons. The van der Waals surface area contributed by atoms with Crippen molar-refractivity contribution in [3.8, 4) is 0 Å². The molecule has 0 N–H and O–H groups in total. The molecule has 0 atom stereocenters. The third kappa shape index (κ3) is 1.66. The molecule has 0 aromatic heterocycles. The Hall–Kier alpha value is -1.19. The van der Waals surface area contributed by atoms with Gasteiger partial charge < -0.3 is 4.90 Å². The monoisotopic (exact) mass is 229 g/mol. The van der Waals surface area contributed by atoms with Crippen LogP contribution in [0.15, 0.2) is 18.2 Å². The standard InChI is InChI=1S/C12H14F3N/c1-11(2)7-16(3)10-6-8(12(13,14)15)4-5-9(10)11/h4-6H,7H2,1-3H3. The number of benzene rings is 1. The lowest BCUT2D eigenvalue weighted by Crippen LogP contribution is -2.24. The maximum Gasteiger partial charge on any atom is 0.416 e. The molecule has 1 aromatic rings. The van der Waals surface area contributed by atoms with Crippen molar-refractivity contribution < 1.29 is 13.2 Å². The molecule has 0 bridgehead atoms. The number of halogens is 3. The number of nitrogens with zero attached hydrogens (tertiary/aromatic N) is 1. The predicted octanol–water partition coefficient (Wildman–Crippen LogP) is 3.43. The van der Waals surface area contributed by atoms with Gasteiger partial charge in [0.2, 0.25) is 0 Å². The van der Waals surface area contributed by atoms with E-state index in [1.165, 1.54) is 12.1 Å². The SMILES string of the molecule is CN1CC(C)(C)c2ccc(C(F)(F)F)cc21. The van der Waals surface area contributed by atoms with E-state index < -0.39 is 11.7 Å². The first-order chi connectivity index (χ1) is 7.22. The van der Waals surface area contributed by atoms with E-state index >= 15 is 0 Å². The second kappa shape index (κ2) is 3.15. The summed E-state index contributed by atoms with van der Waals surface area (Å²) in [5, 5.41) is 0. The molecule has 1 aliphatic heterocycles. The summed E-state index contributed by atoms with van der Waals surface area (Å²) in [6.45, 7) is 4.84. The van der Waals surface area contributed by atoms with E-state index in [0.29, 0.717) is 5.69 Å². The van der Waals surface area contributed by atoms with Crippen molar-refractivity contribution in [3.63, 3.8) is 0 Å². The molecule has 0 saturated carbocycles. The van der Waals surface area contributed by atoms with E-state index in [1.54, 1.807) is 6.07 Å².